The van der Waals surface area contributed by atoms with Crippen molar-refractivity contribution < 1.29 is 18.7 Å². The van der Waals surface area contributed by atoms with Gasteiger partial charge in [0.15, 0.2) is 11.5 Å². The Morgan fingerprint density at radius 1 is 1.00 bits per heavy atom. The van der Waals surface area contributed by atoms with E-state index >= 15 is 0 Å². The number of carbonyl (C=O) groups is 1. The number of anilines is 1. The Balaban J connectivity index is 1.55. The molecule has 0 unspecified atom stereocenters. The third-order valence-corrected chi connectivity index (χ3v) is 5.91. The number of H-pyrrole nitrogens is 1. The van der Waals surface area contributed by atoms with E-state index in [9.17, 15) is 9.18 Å². The highest BCUT2D eigenvalue weighted by Crippen LogP contribution is 2.47. The van der Waals surface area contributed by atoms with Gasteiger partial charge in [-0.15, -0.1) is 0 Å². The molecule has 6 rings (SSSR count). The van der Waals surface area contributed by atoms with Gasteiger partial charge in [0.1, 0.15) is 11.5 Å². The molecule has 0 saturated carbocycles. The van der Waals surface area contributed by atoms with Crippen molar-refractivity contribution in [1.82, 2.24) is 10.2 Å². The fourth-order valence-corrected chi connectivity index (χ4v) is 4.35. The summed E-state index contributed by atoms with van der Waals surface area (Å²) in [4.78, 5) is 15.2. The fourth-order valence-electron chi connectivity index (χ4n) is 4.35. The van der Waals surface area contributed by atoms with Crippen molar-refractivity contribution in [3.63, 3.8) is 0 Å². The summed E-state index contributed by atoms with van der Waals surface area (Å²) in [6.45, 7) is 2.18. The van der Waals surface area contributed by atoms with Crippen molar-refractivity contribution in [3.05, 3.63) is 94.9 Å². The number of nitrogens with one attached hydrogen (secondary N) is 1. The molecule has 32 heavy (non-hydrogen) atoms. The van der Waals surface area contributed by atoms with Gasteiger partial charge in [-0.25, -0.2) is 4.39 Å². The number of nitrogens with zero attached hydrogens (tertiary/aromatic N) is 2. The number of aromatic nitrogens is 2. The Bertz CT molecular complexity index is 1350. The third-order valence-electron chi connectivity index (χ3n) is 5.91. The monoisotopic (exact) mass is 427 g/mol. The van der Waals surface area contributed by atoms with Crippen LogP contribution in [0.15, 0.2) is 66.7 Å². The molecule has 2 aliphatic rings. The second-order valence-corrected chi connectivity index (χ2v) is 7.89. The quantitative estimate of drug-likeness (QED) is 0.500. The number of hydrogen-bond donors (Lipinski definition) is 1. The largest absolute Gasteiger partial charge is 0.454 e. The first-order valence-electron chi connectivity index (χ1n) is 10.2. The maximum atomic E-state index is 13.6. The third kappa shape index (κ3) is 2.78. The maximum Gasteiger partial charge on any atom is 0.277 e. The van der Waals surface area contributed by atoms with Gasteiger partial charge in [0.25, 0.3) is 5.91 Å². The molecule has 1 amide bonds. The number of carbonyl (C=O) groups excluding carboxylic acids is 1. The summed E-state index contributed by atoms with van der Waals surface area (Å²) in [5, 5.41) is 7.43. The highest BCUT2D eigenvalue weighted by molar-refractivity contribution is 6.11. The fraction of sp³-hybridized carbons (Fsp3) is 0.120. The molecule has 0 radical (unpaired) electrons. The van der Waals surface area contributed by atoms with Crippen LogP contribution in [0.5, 0.6) is 11.5 Å². The number of ether oxygens (including phenoxy) is 2. The first-order valence-corrected chi connectivity index (χ1v) is 10.2. The van der Waals surface area contributed by atoms with E-state index in [2.05, 4.69) is 10.2 Å². The predicted octanol–water partition coefficient (Wildman–Crippen LogP) is 5.00. The molecule has 4 aromatic rings. The number of benzene rings is 3. The molecule has 3 aromatic carbocycles. The SMILES string of the molecule is Cc1ccc(-c2n[nH]c3c2[C@H](c2ccc4c(c2)OCO4)N(c2ccc(F)cc2)C3=O)cc1. The standard InChI is InChI=1S/C25H18FN3O3/c1-14-2-4-15(5-3-14)22-21-23(28-27-22)25(30)29(18-9-7-17(26)8-10-18)24(21)16-6-11-19-20(12-16)32-13-31-19/h2-12,24H,13H2,1H3,(H,27,28)/t24-/m0/s1. The van der Waals surface area contributed by atoms with Crippen LogP contribution < -0.4 is 14.4 Å². The molecule has 1 atom stereocenters. The molecule has 1 aromatic heterocycles. The topological polar surface area (TPSA) is 67.5 Å². The zero-order valence-corrected chi connectivity index (χ0v) is 17.1. The Labute approximate surface area is 183 Å². The van der Waals surface area contributed by atoms with E-state index in [0.717, 1.165) is 22.3 Å². The molecule has 0 bridgehead atoms. The second-order valence-electron chi connectivity index (χ2n) is 7.89. The molecule has 0 aliphatic carbocycles. The number of rotatable bonds is 3. The Hall–Kier alpha value is -4.13. The predicted molar refractivity (Wildman–Crippen MR) is 116 cm³/mol. The van der Waals surface area contributed by atoms with Crippen molar-refractivity contribution >= 4 is 11.6 Å². The number of fused-ring (bicyclic) bond motifs is 2. The summed E-state index contributed by atoms with van der Waals surface area (Å²) in [6, 6.07) is 19.1. The van der Waals surface area contributed by atoms with Crippen molar-refractivity contribution in [2.24, 2.45) is 0 Å². The Morgan fingerprint density at radius 2 is 1.75 bits per heavy atom. The minimum Gasteiger partial charge on any atom is -0.454 e. The lowest BCUT2D eigenvalue weighted by atomic mass is 9.95. The van der Waals surface area contributed by atoms with E-state index < -0.39 is 6.04 Å². The van der Waals surface area contributed by atoms with Crippen LogP contribution in [-0.2, 0) is 0 Å². The molecule has 3 heterocycles. The first-order chi connectivity index (χ1) is 15.6. The van der Waals surface area contributed by atoms with Crippen LogP contribution in [-0.4, -0.2) is 22.9 Å². The summed E-state index contributed by atoms with van der Waals surface area (Å²) in [5.74, 6) is 0.709. The van der Waals surface area contributed by atoms with E-state index in [-0.39, 0.29) is 18.5 Å². The normalized spacial score (nSPS) is 16.5. The summed E-state index contributed by atoms with van der Waals surface area (Å²) in [7, 11) is 0. The van der Waals surface area contributed by atoms with Gasteiger partial charge >= 0.3 is 0 Å². The van der Waals surface area contributed by atoms with E-state index in [1.807, 2.05) is 49.4 Å². The maximum absolute atomic E-state index is 13.6. The molecular formula is C25H18FN3O3. The van der Waals surface area contributed by atoms with Crippen LogP contribution in [0.4, 0.5) is 10.1 Å². The van der Waals surface area contributed by atoms with Crippen LogP contribution in [0.25, 0.3) is 11.3 Å². The van der Waals surface area contributed by atoms with Gasteiger partial charge in [0.2, 0.25) is 6.79 Å². The molecule has 6 nitrogen and oxygen atoms in total. The van der Waals surface area contributed by atoms with Crippen LogP contribution >= 0.6 is 0 Å². The Kier molecular flexibility index (Phi) is 4.04. The molecule has 0 saturated heterocycles. The van der Waals surface area contributed by atoms with Gasteiger partial charge < -0.3 is 9.47 Å². The molecule has 2 aliphatic heterocycles. The van der Waals surface area contributed by atoms with E-state index in [4.69, 9.17) is 9.47 Å². The van der Waals surface area contributed by atoms with Crippen LogP contribution in [0.2, 0.25) is 0 Å². The van der Waals surface area contributed by atoms with Gasteiger partial charge in [-0.05, 0) is 48.9 Å². The number of aryl methyl sites for hydroxylation is 1. The molecule has 0 fully saturated rings. The number of hydrogen-bond acceptors (Lipinski definition) is 4. The Morgan fingerprint density at radius 3 is 2.53 bits per heavy atom. The van der Waals surface area contributed by atoms with Crippen molar-refractivity contribution in [2.75, 3.05) is 11.7 Å². The average molecular weight is 427 g/mol. The first kappa shape index (κ1) is 18.6. The summed E-state index contributed by atoms with van der Waals surface area (Å²) < 4.78 is 24.7. The van der Waals surface area contributed by atoms with Crippen molar-refractivity contribution in [3.8, 4) is 22.8 Å². The lowest BCUT2D eigenvalue weighted by Gasteiger charge is -2.26. The lowest BCUT2D eigenvalue weighted by molar-refractivity contribution is 0.0988. The van der Waals surface area contributed by atoms with Gasteiger partial charge in [0, 0.05) is 16.8 Å². The summed E-state index contributed by atoms with van der Waals surface area (Å²) in [5.41, 5.74) is 5.40. The summed E-state index contributed by atoms with van der Waals surface area (Å²) >= 11 is 0. The number of amides is 1. The average Bonchev–Trinajstić information content (AvgIpc) is 3.50. The summed E-state index contributed by atoms with van der Waals surface area (Å²) in [6.07, 6.45) is 0. The van der Waals surface area contributed by atoms with Gasteiger partial charge in [-0.1, -0.05) is 35.9 Å². The minimum atomic E-state index is -0.465. The molecular weight excluding hydrogens is 409 g/mol. The van der Waals surface area contributed by atoms with Gasteiger partial charge in [-0.2, -0.15) is 5.10 Å². The van der Waals surface area contributed by atoms with Gasteiger partial charge in [-0.3, -0.25) is 14.8 Å². The smallest absolute Gasteiger partial charge is 0.277 e. The number of aromatic amines is 1. The van der Waals surface area contributed by atoms with Crippen LogP contribution in [0, 0.1) is 12.7 Å². The lowest BCUT2D eigenvalue weighted by Crippen LogP contribution is -2.29. The molecule has 7 heteroatoms. The molecule has 0 spiro atoms. The van der Waals surface area contributed by atoms with Crippen molar-refractivity contribution in [1.29, 1.82) is 0 Å². The number of halogens is 1. The van der Waals surface area contributed by atoms with Crippen LogP contribution in [0.1, 0.15) is 33.2 Å². The minimum absolute atomic E-state index is 0.162. The second kappa shape index (κ2) is 6.95. The van der Waals surface area contributed by atoms with E-state index in [1.54, 1.807) is 17.0 Å². The zero-order chi connectivity index (χ0) is 21.8. The molecule has 1 N–H and O–H groups in total. The highest BCUT2D eigenvalue weighted by atomic mass is 19.1. The zero-order valence-electron chi connectivity index (χ0n) is 17.1. The van der Waals surface area contributed by atoms with Crippen LogP contribution in [0.3, 0.4) is 0 Å². The molecule has 158 valence electrons. The highest BCUT2D eigenvalue weighted by Gasteiger charge is 2.43. The van der Waals surface area contributed by atoms with Crippen molar-refractivity contribution in [2.45, 2.75) is 13.0 Å². The van der Waals surface area contributed by atoms with Gasteiger partial charge in [0.05, 0.1) is 11.7 Å². The van der Waals surface area contributed by atoms with E-state index in [0.29, 0.717) is 28.6 Å². The van der Waals surface area contributed by atoms with E-state index in [1.165, 1.54) is 12.1 Å².